The summed E-state index contributed by atoms with van der Waals surface area (Å²) in [5.41, 5.74) is 2.53. The molecule has 1 aliphatic heterocycles. The summed E-state index contributed by atoms with van der Waals surface area (Å²) in [7, 11) is 1.61. The molecule has 2 aromatic carbocycles. The zero-order valence-corrected chi connectivity index (χ0v) is 15.6. The van der Waals surface area contributed by atoms with Crippen LogP contribution in [-0.2, 0) is 6.42 Å². The zero-order chi connectivity index (χ0) is 17.6. The van der Waals surface area contributed by atoms with E-state index in [-0.39, 0.29) is 5.75 Å². The van der Waals surface area contributed by atoms with Crippen LogP contribution in [-0.4, -0.2) is 22.2 Å². The number of phenols is 1. The Bertz CT molecular complexity index is 1050. The highest BCUT2D eigenvalue weighted by atomic mass is 79.9. The van der Waals surface area contributed by atoms with Crippen LogP contribution < -0.4 is 9.47 Å². The third-order valence-electron chi connectivity index (χ3n) is 3.98. The Labute approximate surface area is 157 Å². The van der Waals surface area contributed by atoms with Gasteiger partial charge in [0.25, 0.3) is 0 Å². The summed E-state index contributed by atoms with van der Waals surface area (Å²) in [6.07, 6.45) is 0.600. The van der Waals surface area contributed by atoms with E-state index in [0.29, 0.717) is 34.3 Å². The van der Waals surface area contributed by atoms with E-state index in [1.165, 1.54) is 0 Å². The molecule has 1 aromatic heterocycles. The fourth-order valence-corrected chi connectivity index (χ4v) is 3.56. The number of benzene rings is 2. The van der Waals surface area contributed by atoms with Gasteiger partial charge < -0.3 is 19.6 Å². The first-order chi connectivity index (χ1) is 12.0. The number of phenolic OH excluding ortho intramolecular Hbond substituents is 1. The molecule has 1 aliphatic rings. The van der Waals surface area contributed by atoms with Crippen molar-refractivity contribution in [3.8, 4) is 34.5 Å². The molecule has 3 aromatic rings. The molecular formula is C18H13BrN2O3S. The van der Waals surface area contributed by atoms with Crippen LogP contribution in [0.1, 0.15) is 11.1 Å². The molecule has 2 N–H and O–H groups in total. The van der Waals surface area contributed by atoms with Crippen molar-refractivity contribution in [3.63, 3.8) is 0 Å². The van der Waals surface area contributed by atoms with Gasteiger partial charge in [0.2, 0.25) is 5.88 Å². The van der Waals surface area contributed by atoms with Crippen LogP contribution in [0.5, 0.6) is 23.1 Å². The van der Waals surface area contributed by atoms with Crippen molar-refractivity contribution in [1.29, 1.82) is 0 Å². The van der Waals surface area contributed by atoms with E-state index in [9.17, 15) is 5.11 Å². The van der Waals surface area contributed by atoms with Gasteiger partial charge in [-0.25, -0.2) is 4.98 Å². The number of ether oxygens (including phenoxy) is 2. The van der Waals surface area contributed by atoms with Crippen molar-refractivity contribution in [2.45, 2.75) is 6.42 Å². The maximum Gasteiger partial charge on any atom is 0.205 e. The molecule has 0 bridgehead atoms. The number of halogens is 1. The van der Waals surface area contributed by atoms with Crippen LogP contribution in [0.4, 0.5) is 0 Å². The second-order valence-electron chi connectivity index (χ2n) is 5.62. The van der Waals surface area contributed by atoms with Crippen molar-refractivity contribution in [3.05, 3.63) is 56.6 Å². The van der Waals surface area contributed by atoms with Crippen molar-refractivity contribution >= 4 is 28.1 Å². The summed E-state index contributed by atoms with van der Waals surface area (Å²) in [4.78, 5) is 7.64. The number of nitrogens with zero attached hydrogens (tertiary/aromatic N) is 1. The van der Waals surface area contributed by atoms with E-state index in [2.05, 4.69) is 25.9 Å². The van der Waals surface area contributed by atoms with Gasteiger partial charge in [0, 0.05) is 22.0 Å². The Morgan fingerprint density at radius 2 is 2.16 bits per heavy atom. The number of aromatic amines is 1. The molecular weight excluding hydrogens is 404 g/mol. The van der Waals surface area contributed by atoms with Crippen molar-refractivity contribution in [1.82, 2.24) is 9.97 Å². The van der Waals surface area contributed by atoms with Crippen LogP contribution in [0.3, 0.4) is 0 Å². The first-order valence-corrected chi connectivity index (χ1v) is 8.72. The normalized spacial score (nSPS) is 12.1. The summed E-state index contributed by atoms with van der Waals surface area (Å²) in [6.45, 7) is 0. The molecule has 7 heteroatoms. The van der Waals surface area contributed by atoms with Crippen molar-refractivity contribution < 1.29 is 14.6 Å². The fourth-order valence-electron chi connectivity index (χ4n) is 2.82. The average Bonchev–Trinajstić information content (AvgIpc) is 2.59. The zero-order valence-electron chi connectivity index (χ0n) is 13.2. The minimum atomic E-state index is 0.161. The lowest BCUT2D eigenvalue weighted by molar-refractivity contribution is 0.365. The van der Waals surface area contributed by atoms with Gasteiger partial charge in [0.05, 0.1) is 12.7 Å². The summed E-state index contributed by atoms with van der Waals surface area (Å²) in [5, 5.41) is 9.69. The standard InChI is InChI=1S/C18H13BrN2O3S/c1-23-14-8-11(19)5-10-7-13-17(24-15(10)14)20-16(21-18(13)25)9-3-2-4-12(22)6-9/h2-6,8,22H,7H2,1H3,(H,20,21,25). The van der Waals surface area contributed by atoms with Crippen molar-refractivity contribution in [2.75, 3.05) is 7.11 Å². The molecule has 0 atom stereocenters. The number of fused-ring (bicyclic) bond motifs is 2. The second-order valence-corrected chi connectivity index (χ2v) is 6.93. The monoisotopic (exact) mass is 416 g/mol. The molecule has 0 amide bonds. The van der Waals surface area contributed by atoms with E-state index in [4.69, 9.17) is 21.7 Å². The van der Waals surface area contributed by atoms with Gasteiger partial charge in [0.15, 0.2) is 11.5 Å². The maximum atomic E-state index is 9.69. The molecule has 0 saturated heterocycles. The van der Waals surface area contributed by atoms with Gasteiger partial charge >= 0.3 is 0 Å². The molecule has 0 saturated carbocycles. The van der Waals surface area contributed by atoms with E-state index in [1.807, 2.05) is 18.2 Å². The molecule has 0 aliphatic carbocycles. The Morgan fingerprint density at radius 3 is 2.92 bits per heavy atom. The van der Waals surface area contributed by atoms with Gasteiger partial charge in [-0.05, 0) is 24.3 Å². The van der Waals surface area contributed by atoms with Gasteiger partial charge in [-0.1, -0.05) is 40.3 Å². The molecule has 25 heavy (non-hydrogen) atoms. The number of aromatic nitrogens is 2. The number of rotatable bonds is 2. The van der Waals surface area contributed by atoms with Crippen molar-refractivity contribution in [2.24, 2.45) is 0 Å². The van der Waals surface area contributed by atoms with E-state index >= 15 is 0 Å². The predicted octanol–water partition coefficient (Wildman–Crippen LogP) is 4.98. The third-order valence-corrected chi connectivity index (χ3v) is 4.78. The molecule has 0 radical (unpaired) electrons. The topological polar surface area (TPSA) is 67.4 Å². The SMILES string of the molecule is COc1cc(Br)cc2c1Oc1[nH]c(-c3cccc(O)c3)nc(=S)c1C2. The number of aromatic hydroxyl groups is 1. The smallest absolute Gasteiger partial charge is 0.205 e. The van der Waals surface area contributed by atoms with Gasteiger partial charge in [0.1, 0.15) is 16.2 Å². The highest BCUT2D eigenvalue weighted by Crippen LogP contribution is 2.43. The van der Waals surface area contributed by atoms with Crippen LogP contribution in [0, 0.1) is 4.64 Å². The predicted molar refractivity (Wildman–Crippen MR) is 100 cm³/mol. The van der Waals surface area contributed by atoms with E-state index in [1.54, 1.807) is 25.3 Å². The largest absolute Gasteiger partial charge is 0.508 e. The summed E-state index contributed by atoms with van der Waals surface area (Å²) >= 11 is 8.95. The fraction of sp³-hybridized carbons (Fsp3) is 0.111. The minimum absolute atomic E-state index is 0.161. The lowest BCUT2D eigenvalue weighted by Gasteiger charge is -2.22. The summed E-state index contributed by atoms with van der Waals surface area (Å²) in [6, 6.07) is 10.7. The summed E-state index contributed by atoms with van der Waals surface area (Å²) < 4.78 is 12.9. The van der Waals surface area contributed by atoms with Crippen LogP contribution >= 0.6 is 28.1 Å². The average molecular weight is 417 g/mol. The second kappa shape index (κ2) is 6.16. The summed E-state index contributed by atoms with van der Waals surface area (Å²) in [5.74, 6) is 2.56. The van der Waals surface area contributed by atoms with E-state index < -0.39 is 0 Å². The Kier molecular flexibility index (Phi) is 3.97. The Balaban J connectivity index is 1.84. The number of nitrogens with one attached hydrogen (secondary N) is 1. The first kappa shape index (κ1) is 16.1. The van der Waals surface area contributed by atoms with Gasteiger partial charge in [-0.3, -0.25) is 0 Å². The molecule has 0 unspecified atom stereocenters. The lowest BCUT2D eigenvalue weighted by atomic mass is 10.0. The van der Waals surface area contributed by atoms with Crippen LogP contribution in [0.15, 0.2) is 40.9 Å². The highest BCUT2D eigenvalue weighted by molar-refractivity contribution is 9.10. The number of hydrogen-bond acceptors (Lipinski definition) is 5. The number of methoxy groups -OCH3 is 1. The molecule has 2 heterocycles. The number of hydrogen-bond donors (Lipinski definition) is 2. The minimum Gasteiger partial charge on any atom is -0.508 e. The molecule has 0 spiro atoms. The quantitative estimate of drug-likeness (QED) is 0.451. The first-order valence-electron chi connectivity index (χ1n) is 7.52. The molecule has 0 fully saturated rings. The lowest BCUT2D eigenvalue weighted by Crippen LogP contribution is -2.09. The third kappa shape index (κ3) is 2.89. The van der Waals surface area contributed by atoms with Gasteiger partial charge in [-0.15, -0.1) is 0 Å². The Morgan fingerprint density at radius 1 is 1.32 bits per heavy atom. The van der Waals surface area contributed by atoms with E-state index in [0.717, 1.165) is 21.2 Å². The van der Waals surface area contributed by atoms with Gasteiger partial charge in [-0.2, -0.15) is 0 Å². The molecule has 5 nitrogen and oxygen atoms in total. The molecule has 126 valence electrons. The van der Waals surface area contributed by atoms with Crippen LogP contribution in [0.25, 0.3) is 11.4 Å². The maximum absolute atomic E-state index is 9.69. The molecule has 4 rings (SSSR count). The Hall–Kier alpha value is -2.38. The highest BCUT2D eigenvalue weighted by Gasteiger charge is 2.24. The number of H-pyrrole nitrogens is 1. The van der Waals surface area contributed by atoms with Crippen LogP contribution in [0.2, 0.25) is 0 Å².